The average Bonchev–Trinajstić information content (AvgIpc) is 3.04. The molecule has 1 aromatic heterocycles. The van der Waals surface area contributed by atoms with Gasteiger partial charge >= 0.3 is 12.1 Å². The second-order valence-electron chi connectivity index (χ2n) is 5.54. The number of hydrogen-bond donors (Lipinski definition) is 1. The molecule has 7 heteroatoms. The van der Waals surface area contributed by atoms with Crippen LogP contribution >= 0.6 is 11.3 Å². The first kappa shape index (κ1) is 15.3. The van der Waals surface area contributed by atoms with Crippen LogP contribution in [0.4, 0.5) is 13.2 Å². The standard InChI is InChI=1S/C15H14F3NO2S/c16-15(17,18)12-7-19(6-11(12)14(20)21)5-9-8-22-13-4-2-1-3-10(9)13/h1-4,8,11-12H,5-7H2,(H,20,21)/t11-,12-/m1/s1. The molecule has 1 aliphatic heterocycles. The number of aliphatic carboxylic acids is 1. The summed E-state index contributed by atoms with van der Waals surface area (Å²) in [5, 5.41) is 12.0. The van der Waals surface area contributed by atoms with Crippen LogP contribution in [0.1, 0.15) is 5.56 Å². The SMILES string of the molecule is O=C(O)[C@@H]1CN(Cc2csc3ccccc23)C[C@H]1C(F)(F)F. The van der Waals surface area contributed by atoms with Gasteiger partial charge in [0.15, 0.2) is 0 Å². The molecule has 0 bridgehead atoms. The van der Waals surface area contributed by atoms with Crippen molar-refractivity contribution in [3.8, 4) is 0 Å². The number of hydrogen-bond acceptors (Lipinski definition) is 3. The molecule has 2 aromatic rings. The van der Waals surface area contributed by atoms with E-state index in [1.807, 2.05) is 29.6 Å². The van der Waals surface area contributed by atoms with Crippen molar-refractivity contribution < 1.29 is 23.1 Å². The molecule has 118 valence electrons. The van der Waals surface area contributed by atoms with Crippen molar-refractivity contribution in [3.05, 3.63) is 35.2 Å². The molecule has 0 amide bonds. The number of carbonyl (C=O) groups is 1. The second kappa shape index (κ2) is 5.55. The maximum absolute atomic E-state index is 13.0. The zero-order valence-corrected chi connectivity index (χ0v) is 12.3. The fourth-order valence-corrected chi connectivity index (χ4v) is 3.95. The maximum Gasteiger partial charge on any atom is 0.393 e. The molecule has 22 heavy (non-hydrogen) atoms. The third-order valence-corrected chi connectivity index (χ3v) is 5.10. The number of carboxylic acids is 1. The van der Waals surface area contributed by atoms with Gasteiger partial charge in [-0.3, -0.25) is 9.69 Å². The normalized spacial score (nSPS) is 23.2. The van der Waals surface area contributed by atoms with Crippen LogP contribution in [0.25, 0.3) is 10.1 Å². The Morgan fingerprint density at radius 2 is 2.05 bits per heavy atom. The van der Waals surface area contributed by atoms with E-state index in [0.717, 1.165) is 15.6 Å². The minimum Gasteiger partial charge on any atom is -0.481 e. The molecule has 3 rings (SSSR count). The summed E-state index contributed by atoms with van der Waals surface area (Å²) in [7, 11) is 0. The number of rotatable bonds is 3. The lowest BCUT2D eigenvalue weighted by atomic mass is 9.96. The third-order valence-electron chi connectivity index (χ3n) is 4.09. The van der Waals surface area contributed by atoms with E-state index < -0.39 is 24.0 Å². The summed E-state index contributed by atoms with van der Waals surface area (Å²) in [6, 6.07) is 7.71. The van der Waals surface area contributed by atoms with Gasteiger partial charge in [0, 0.05) is 24.3 Å². The Balaban J connectivity index is 1.80. The van der Waals surface area contributed by atoms with Gasteiger partial charge in [-0.2, -0.15) is 13.2 Å². The number of halogens is 3. The largest absolute Gasteiger partial charge is 0.481 e. The number of nitrogens with zero attached hydrogens (tertiary/aromatic N) is 1. The van der Waals surface area contributed by atoms with Crippen LogP contribution in [0.2, 0.25) is 0 Å². The van der Waals surface area contributed by atoms with E-state index >= 15 is 0 Å². The van der Waals surface area contributed by atoms with Gasteiger partial charge in [0.05, 0.1) is 11.8 Å². The van der Waals surface area contributed by atoms with Gasteiger partial charge in [0.1, 0.15) is 0 Å². The van der Waals surface area contributed by atoms with Crippen LogP contribution < -0.4 is 0 Å². The van der Waals surface area contributed by atoms with Gasteiger partial charge in [-0.05, 0) is 22.4 Å². The van der Waals surface area contributed by atoms with E-state index in [9.17, 15) is 18.0 Å². The van der Waals surface area contributed by atoms with Crippen LogP contribution in [0, 0.1) is 11.8 Å². The van der Waals surface area contributed by atoms with Crippen LogP contribution in [-0.2, 0) is 11.3 Å². The van der Waals surface area contributed by atoms with Crippen molar-refractivity contribution in [1.82, 2.24) is 4.90 Å². The van der Waals surface area contributed by atoms with Gasteiger partial charge in [-0.15, -0.1) is 11.3 Å². The quantitative estimate of drug-likeness (QED) is 0.935. The number of carboxylic acid groups (broad SMARTS) is 1. The van der Waals surface area contributed by atoms with Gasteiger partial charge < -0.3 is 5.11 Å². The Morgan fingerprint density at radius 1 is 1.32 bits per heavy atom. The lowest BCUT2D eigenvalue weighted by molar-refractivity contribution is -0.188. The number of fused-ring (bicyclic) bond motifs is 1. The number of alkyl halides is 3. The molecule has 1 N–H and O–H groups in total. The topological polar surface area (TPSA) is 40.5 Å². The Bertz CT molecular complexity index is 697. The summed E-state index contributed by atoms with van der Waals surface area (Å²) in [5.41, 5.74) is 0.951. The fourth-order valence-electron chi connectivity index (χ4n) is 2.99. The first-order valence-electron chi connectivity index (χ1n) is 6.83. The van der Waals surface area contributed by atoms with E-state index in [1.165, 1.54) is 0 Å². The van der Waals surface area contributed by atoms with Crippen LogP contribution in [0.3, 0.4) is 0 Å². The minimum atomic E-state index is -4.48. The summed E-state index contributed by atoms with van der Waals surface area (Å²) in [6.07, 6.45) is -4.48. The van der Waals surface area contributed by atoms with Gasteiger partial charge in [-0.25, -0.2) is 0 Å². The molecule has 0 radical (unpaired) electrons. The number of likely N-dealkylation sites (tertiary alicyclic amines) is 1. The Kier molecular flexibility index (Phi) is 3.86. The molecule has 2 atom stereocenters. The molecule has 0 unspecified atom stereocenters. The highest BCUT2D eigenvalue weighted by Gasteiger charge is 2.52. The van der Waals surface area contributed by atoms with E-state index in [2.05, 4.69) is 0 Å². The molecule has 0 aliphatic carbocycles. The highest BCUT2D eigenvalue weighted by atomic mass is 32.1. The summed E-state index contributed by atoms with van der Waals surface area (Å²) in [5.74, 6) is -4.56. The van der Waals surface area contributed by atoms with Gasteiger partial charge in [0.25, 0.3) is 0 Å². The van der Waals surface area contributed by atoms with Crippen LogP contribution in [0.15, 0.2) is 29.6 Å². The predicted octanol–water partition coefficient (Wildman–Crippen LogP) is 3.60. The smallest absolute Gasteiger partial charge is 0.393 e. The van der Waals surface area contributed by atoms with Crippen molar-refractivity contribution in [1.29, 1.82) is 0 Å². The van der Waals surface area contributed by atoms with Crippen molar-refractivity contribution in [2.45, 2.75) is 12.7 Å². The van der Waals surface area contributed by atoms with Gasteiger partial charge in [-0.1, -0.05) is 18.2 Å². The first-order chi connectivity index (χ1) is 10.4. The molecule has 0 spiro atoms. The van der Waals surface area contributed by atoms with Crippen molar-refractivity contribution in [2.24, 2.45) is 11.8 Å². The zero-order chi connectivity index (χ0) is 15.9. The molecule has 2 heterocycles. The van der Waals surface area contributed by atoms with Crippen molar-refractivity contribution >= 4 is 27.4 Å². The first-order valence-corrected chi connectivity index (χ1v) is 7.71. The van der Waals surface area contributed by atoms with Crippen molar-refractivity contribution in [3.63, 3.8) is 0 Å². The summed E-state index contributed by atoms with van der Waals surface area (Å²) in [4.78, 5) is 12.7. The lowest BCUT2D eigenvalue weighted by Gasteiger charge is -2.18. The predicted molar refractivity (Wildman–Crippen MR) is 77.8 cm³/mol. The van der Waals surface area contributed by atoms with Crippen LogP contribution in [-0.4, -0.2) is 35.2 Å². The van der Waals surface area contributed by atoms with Crippen molar-refractivity contribution in [2.75, 3.05) is 13.1 Å². The lowest BCUT2D eigenvalue weighted by Crippen LogP contribution is -2.33. The molecule has 3 nitrogen and oxygen atoms in total. The molecule has 1 aromatic carbocycles. The third kappa shape index (κ3) is 2.83. The van der Waals surface area contributed by atoms with E-state index in [1.54, 1.807) is 16.2 Å². The van der Waals surface area contributed by atoms with E-state index in [4.69, 9.17) is 5.11 Å². The molecule has 1 saturated heterocycles. The maximum atomic E-state index is 13.0. The molecular weight excluding hydrogens is 315 g/mol. The van der Waals surface area contributed by atoms with E-state index in [0.29, 0.717) is 6.54 Å². The zero-order valence-electron chi connectivity index (χ0n) is 11.5. The molecule has 0 saturated carbocycles. The van der Waals surface area contributed by atoms with Crippen LogP contribution in [0.5, 0.6) is 0 Å². The molecular formula is C15H14F3NO2S. The summed E-state index contributed by atoms with van der Waals surface area (Å²) in [6.45, 7) is 0.0225. The Labute approximate surface area is 129 Å². The highest BCUT2D eigenvalue weighted by molar-refractivity contribution is 7.17. The monoisotopic (exact) mass is 329 g/mol. The fraction of sp³-hybridized carbons (Fsp3) is 0.400. The van der Waals surface area contributed by atoms with Gasteiger partial charge in [0.2, 0.25) is 0 Å². The Hall–Kier alpha value is -1.60. The second-order valence-corrected chi connectivity index (χ2v) is 6.46. The Morgan fingerprint density at radius 3 is 2.68 bits per heavy atom. The number of thiophene rings is 1. The molecule has 1 fully saturated rings. The molecule has 1 aliphatic rings. The van der Waals surface area contributed by atoms with E-state index in [-0.39, 0.29) is 13.1 Å². The summed E-state index contributed by atoms with van der Waals surface area (Å²) < 4.78 is 40.0. The minimum absolute atomic E-state index is 0.0658. The summed E-state index contributed by atoms with van der Waals surface area (Å²) >= 11 is 1.55. The highest BCUT2D eigenvalue weighted by Crippen LogP contribution is 2.39. The number of benzene rings is 1. The average molecular weight is 329 g/mol.